The van der Waals surface area contributed by atoms with E-state index < -0.39 is 10.7 Å². The summed E-state index contributed by atoms with van der Waals surface area (Å²) in [5, 5.41) is 13.5. The van der Waals surface area contributed by atoms with E-state index in [1.165, 1.54) is 24.3 Å². The van der Waals surface area contributed by atoms with E-state index in [0.717, 1.165) is 0 Å². The maximum absolute atomic E-state index is 13.4. The normalized spacial score (nSPS) is 9.94. The monoisotopic (exact) mass is 232 g/mol. The quantitative estimate of drug-likeness (QED) is 0.651. The van der Waals surface area contributed by atoms with Crippen LogP contribution in [0.1, 0.15) is 0 Å². The Hall–Kier alpha value is -2.43. The van der Waals surface area contributed by atoms with Gasteiger partial charge in [0, 0.05) is 6.07 Å². The number of nitro benzene ring substituents is 1. The van der Waals surface area contributed by atoms with Gasteiger partial charge in [-0.15, -0.1) is 0 Å². The van der Waals surface area contributed by atoms with Gasteiger partial charge in [0.25, 0.3) is 5.69 Å². The third kappa shape index (κ3) is 2.39. The van der Waals surface area contributed by atoms with Crippen LogP contribution in [0.15, 0.2) is 48.5 Å². The molecule has 0 fully saturated rings. The fraction of sp³-hybridized carbons (Fsp3) is 0. The van der Waals surface area contributed by atoms with Crippen LogP contribution in [0.25, 0.3) is 0 Å². The Morgan fingerprint density at radius 1 is 1.00 bits per heavy atom. The zero-order valence-corrected chi connectivity index (χ0v) is 8.76. The third-order valence-electron chi connectivity index (χ3n) is 2.24. The number of nitrogens with zero attached hydrogens (tertiary/aromatic N) is 1. The Bertz CT molecular complexity index is 558. The van der Waals surface area contributed by atoms with Gasteiger partial charge in [0.1, 0.15) is 11.5 Å². The van der Waals surface area contributed by atoms with Crippen molar-refractivity contribution in [3.05, 3.63) is 64.5 Å². The number of hydrogen-bond donors (Lipinski definition) is 1. The molecule has 0 amide bonds. The van der Waals surface area contributed by atoms with Gasteiger partial charge in [0.15, 0.2) is 0 Å². The molecule has 0 aliphatic rings. The van der Waals surface area contributed by atoms with Crippen molar-refractivity contribution in [1.29, 1.82) is 0 Å². The van der Waals surface area contributed by atoms with Crippen LogP contribution in [0.4, 0.5) is 21.5 Å². The van der Waals surface area contributed by atoms with Crippen molar-refractivity contribution in [1.82, 2.24) is 0 Å². The fourth-order valence-electron chi connectivity index (χ4n) is 1.45. The van der Waals surface area contributed by atoms with Crippen LogP contribution >= 0.6 is 0 Å². The molecule has 2 rings (SSSR count). The lowest BCUT2D eigenvalue weighted by Crippen LogP contribution is -1.98. The number of anilines is 2. The van der Waals surface area contributed by atoms with Crippen molar-refractivity contribution >= 4 is 17.1 Å². The largest absolute Gasteiger partial charge is 0.348 e. The summed E-state index contributed by atoms with van der Waals surface area (Å²) in [5.74, 6) is -0.453. The summed E-state index contributed by atoms with van der Waals surface area (Å²) in [6.45, 7) is 0. The average Bonchev–Trinajstić information content (AvgIpc) is 2.32. The molecule has 0 aliphatic heterocycles. The number of benzene rings is 2. The molecule has 0 bridgehead atoms. The zero-order chi connectivity index (χ0) is 12.3. The predicted octanol–water partition coefficient (Wildman–Crippen LogP) is 3.48. The lowest BCUT2D eigenvalue weighted by molar-refractivity contribution is -0.383. The summed E-state index contributed by atoms with van der Waals surface area (Å²) < 4.78 is 13.4. The predicted molar refractivity (Wildman–Crippen MR) is 62.8 cm³/mol. The van der Waals surface area contributed by atoms with E-state index in [9.17, 15) is 14.5 Å². The van der Waals surface area contributed by atoms with Crippen LogP contribution in [-0.4, -0.2) is 4.92 Å². The van der Waals surface area contributed by atoms with Gasteiger partial charge in [0.2, 0.25) is 0 Å². The number of nitro groups is 1. The van der Waals surface area contributed by atoms with Gasteiger partial charge in [0.05, 0.1) is 10.6 Å². The molecule has 0 aromatic heterocycles. The molecule has 0 aliphatic carbocycles. The molecule has 86 valence electrons. The van der Waals surface area contributed by atoms with E-state index in [1.807, 2.05) is 0 Å². The van der Waals surface area contributed by atoms with E-state index in [2.05, 4.69) is 5.32 Å². The fourth-order valence-corrected chi connectivity index (χ4v) is 1.45. The van der Waals surface area contributed by atoms with Crippen LogP contribution in [0, 0.1) is 15.9 Å². The maximum atomic E-state index is 13.4. The summed E-state index contributed by atoms with van der Waals surface area (Å²) in [6, 6.07) is 12.1. The SMILES string of the molecule is O=[N+]([O-])c1ccccc1Nc1ccccc1F. The summed E-state index contributed by atoms with van der Waals surface area (Å²) >= 11 is 0. The Morgan fingerprint density at radius 3 is 2.24 bits per heavy atom. The zero-order valence-electron chi connectivity index (χ0n) is 8.76. The first-order valence-electron chi connectivity index (χ1n) is 4.93. The van der Waals surface area contributed by atoms with Gasteiger partial charge in [-0.25, -0.2) is 4.39 Å². The second-order valence-corrected chi connectivity index (χ2v) is 3.38. The third-order valence-corrected chi connectivity index (χ3v) is 2.24. The number of rotatable bonds is 3. The minimum atomic E-state index is -0.511. The van der Waals surface area contributed by atoms with Crippen molar-refractivity contribution in [2.75, 3.05) is 5.32 Å². The topological polar surface area (TPSA) is 55.2 Å². The Balaban J connectivity index is 2.37. The van der Waals surface area contributed by atoms with Gasteiger partial charge >= 0.3 is 0 Å². The highest BCUT2D eigenvalue weighted by atomic mass is 19.1. The molecule has 0 unspecified atom stereocenters. The molecule has 17 heavy (non-hydrogen) atoms. The molecular weight excluding hydrogens is 223 g/mol. The maximum Gasteiger partial charge on any atom is 0.292 e. The number of para-hydroxylation sites is 3. The standard InChI is InChI=1S/C12H9FN2O2/c13-9-5-1-2-6-10(9)14-11-7-3-4-8-12(11)15(16)17/h1-8,14H. The van der Waals surface area contributed by atoms with Crippen LogP contribution in [0.5, 0.6) is 0 Å². The molecular formula is C12H9FN2O2. The van der Waals surface area contributed by atoms with Crippen LogP contribution in [-0.2, 0) is 0 Å². The summed E-state index contributed by atoms with van der Waals surface area (Å²) in [4.78, 5) is 10.3. The minimum Gasteiger partial charge on any atom is -0.348 e. The lowest BCUT2D eigenvalue weighted by Gasteiger charge is -2.07. The molecule has 0 atom stereocenters. The molecule has 5 heteroatoms. The molecule has 4 nitrogen and oxygen atoms in total. The molecule has 1 N–H and O–H groups in total. The second-order valence-electron chi connectivity index (χ2n) is 3.38. The summed E-state index contributed by atoms with van der Waals surface area (Å²) in [5.41, 5.74) is 0.389. The van der Waals surface area contributed by atoms with Gasteiger partial charge in [-0.2, -0.15) is 0 Å². The lowest BCUT2D eigenvalue weighted by atomic mass is 10.2. The number of hydrogen-bond acceptors (Lipinski definition) is 3. The first-order chi connectivity index (χ1) is 8.18. The van der Waals surface area contributed by atoms with Crippen LogP contribution in [0.2, 0.25) is 0 Å². The van der Waals surface area contributed by atoms with E-state index in [4.69, 9.17) is 0 Å². The minimum absolute atomic E-state index is 0.0873. The van der Waals surface area contributed by atoms with Crippen molar-refractivity contribution in [3.8, 4) is 0 Å². The van der Waals surface area contributed by atoms with Crippen LogP contribution < -0.4 is 5.32 Å². The van der Waals surface area contributed by atoms with Crippen molar-refractivity contribution in [3.63, 3.8) is 0 Å². The molecule has 2 aromatic rings. The highest BCUT2D eigenvalue weighted by Crippen LogP contribution is 2.27. The summed E-state index contributed by atoms with van der Waals surface area (Å²) in [7, 11) is 0. The van der Waals surface area contributed by atoms with E-state index in [1.54, 1.807) is 24.3 Å². The van der Waals surface area contributed by atoms with E-state index >= 15 is 0 Å². The second kappa shape index (κ2) is 4.61. The van der Waals surface area contributed by atoms with E-state index in [0.29, 0.717) is 0 Å². The molecule has 0 saturated heterocycles. The molecule has 2 aromatic carbocycles. The first-order valence-corrected chi connectivity index (χ1v) is 4.93. The first kappa shape index (κ1) is 11.1. The molecule has 0 radical (unpaired) electrons. The molecule has 0 heterocycles. The molecule has 0 spiro atoms. The average molecular weight is 232 g/mol. The Labute approximate surface area is 96.9 Å². The highest BCUT2D eigenvalue weighted by Gasteiger charge is 2.13. The smallest absolute Gasteiger partial charge is 0.292 e. The number of nitrogens with one attached hydrogen (secondary N) is 1. The van der Waals surface area contributed by atoms with Crippen molar-refractivity contribution in [2.45, 2.75) is 0 Å². The van der Waals surface area contributed by atoms with Gasteiger partial charge in [-0.05, 0) is 18.2 Å². The Kier molecular flexibility index (Phi) is 3.00. The van der Waals surface area contributed by atoms with Crippen LogP contribution in [0.3, 0.4) is 0 Å². The number of halogens is 1. The Morgan fingerprint density at radius 2 is 1.59 bits per heavy atom. The molecule has 0 saturated carbocycles. The summed E-state index contributed by atoms with van der Waals surface area (Å²) in [6.07, 6.45) is 0. The van der Waals surface area contributed by atoms with Gasteiger partial charge in [-0.1, -0.05) is 24.3 Å². The van der Waals surface area contributed by atoms with Gasteiger partial charge in [-0.3, -0.25) is 10.1 Å². The highest BCUT2D eigenvalue weighted by molar-refractivity contribution is 5.69. The van der Waals surface area contributed by atoms with Crippen molar-refractivity contribution < 1.29 is 9.31 Å². The van der Waals surface area contributed by atoms with Gasteiger partial charge < -0.3 is 5.32 Å². The van der Waals surface area contributed by atoms with Crippen molar-refractivity contribution in [2.24, 2.45) is 0 Å². The van der Waals surface area contributed by atoms with E-state index in [-0.39, 0.29) is 17.1 Å².